The van der Waals surface area contributed by atoms with Gasteiger partial charge in [-0.05, 0) is 38.1 Å². The Labute approximate surface area is 111 Å². The summed E-state index contributed by atoms with van der Waals surface area (Å²) in [6.07, 6.45) is 1.91. The Morgan fingerprint density at radius 2 is 2.00 bits per heavy atom. The van der Waals surface area contributed by atoms with Gasteiger partial charge in [0.1, 0.15) is 11.6 Å². The van der Waals surface area contributed by atoms with Crippen molar-refractivity contribution in [1.29, 1.82) is 0 Å². The van der Waals surface area contributed by atoms with E-state index in [0.29, 0.717) is 18.2 Å². The fourth-order valence-corrected chi connectivity index (χ4v) is 1.76. The van der Waals surface area contributed by atoms with Gasteiger partial charge in [-0.3, -0.25) is 4.68 Å². The Hall–Kier alpha value is -1.75. The molecular formula is C14H17F2N3. The average Bonchev–Trinajstić information content (AvgIpc) is 2.82. The summed E-state index contributed by atoms with van der Waals surface area (Å²) < 4.78 is 28.2. The number of hydrogen-bond acceptors (Lipinski definition) is 2. The van der Waals surface area contributed by atoms with Gasteiger partial charge < -0.3 is 5.32 Å². The van der Waals surface area contributed by atoms with E-state index < -0.39 is 11.6 Å². The van der Waals surface area contributed by atoms with Crippen LogP contribution in [0.25, 0.3) is 0 Å². The van der Waals surface area contributed by atoms with Crippen molar-refractivity contribution in [2.24, 2.45) is 0 Å². The molecule has 0 fully saturated rings. The molecule has 0 bridgehead atoms. The molecule has 0 saturated carbocycles. The molecule has 0 spiro atoms. The van der Waals surface area contributed by atoms with Crippen molar-refractivity contribution in [2.45, 2.75) is 33.0 Å². The third-order valence-electron chi connectivity index (χ3n) is 2.82. The van der Waals surface area contributed by atoms with E-state index in [1.54, 1.807) is 0 Å². The van der Waals surface area contributed by atoms with E-state index in [1.165, 1.54) is 6.07 Å². The normalized spacial score (nSPS) is 11.2. The molecule has 1 aromatic carbocycles. The molecule has 5 heteroatoms. The third-order valence-corrected chi connectivity index (χ3v) is 2.82. The van der Waals surface area contributed by atoms with Crippen LogP contribution in [0.1, 0.15) is 31.1 Å². The molecule has 0 aliphatic rings. The lowest BCUT2D eigenvalue weighted by Crippen LogP contribution is -2.15. The molecule has 0 atom stereocenters. The summed E-state index contributed by atoms with van der Waals surface area (Å²) in [7, 11) is 0. The highest BCUT2D eigenvalue weighted by Gasteiger charge is 2.05. The lowest BCUT2D eigenvalue weighted by Gasteiger charge is -2.06. The zero-order valence-corrected chi connectivity index (χ0v) is 11.0. The first-order valence-electron chi connectivity index (χ1n) is 6.25. The van der Waals surface area contributed by atoms with Gasteiger partial charge in [-0.15, -0.1) is 0 Å². The molecule has 3 nitrogen and oxygen atoms in total. The Balaban J connectivity index is 1.90. The van der Waals surface area contributed by atoms with Crippen molar-refractivity contribution in [2.75, 3.05) is 0 Å². The van der Waals surface area contributed by atoms with E-state index >= 15 is 0 Å². The molecule has 1 aromatic heterocycles. The van der Waals surface area contributed by atoms with E-state index in [9.17, 15) is 8.78 Å². The molecule has 0 radical (unpaired) electrons. The molecule has 0 unspecified atom stereocenters. The SMILES string of the molecule is CC(C)n1ccc(CNCc2cc(F)ccc2F)n1. The summed E-state index contributed by atoms with van der Waals surface area (Å²) >= 11 is 0. The van der Waals surface area contributed by atoms with E-state index in [0.717, 1.165) is 17.8 Å². The Morgan fingerprint density at radius 1 is 1.21 bits per heavy atom. The lowest BCUT2D eigenvalue weighted by molar-refractivity contribution is 0.519. The molecule has 1 N–H and O–H groups in total. The van der Waals surface area contributed by atoms with Crippen LogP contribution in [0.2, 0.25) is 0 Å². The molecule has 1 heterocycles. The van der Waals surface area contributed by atoms with Crippen LogP contribution in [-0.2, 0) is 13.1 Å². The highest BCUT2D eigenvalue weighted by atomic mass is 19.1. The second-order valence-electron chi connectivity index (χ2n) is 4.72. The zero-order chi connectivity index (χ0) is 13.8. The maximum absolute atomic E-state index is 13.4. The number of hydrogen-bond donors (Lipinski definition) is 1. The van der Waals surface area contributed by atoms with E-state index in [-0.39, 0.29) is 6.54 Å². The van der Waals surface area contributed by atoms with Crippen molar-refractivity contribution in [3.63, 3.8) is 0 Å². The van der Waals surface area contributed by atoms with Crippen molar-refractivity contribution in [3.8, 4) is 0 Å². The van der Waals surface area contributed by atoms with Crippen molar-refractivity contribution in [1.82, 2.24) is 15.1 Å². The van der Waals surface area contributed by atoms with Crippen LogP contribution >= 0.6 is 0 Å². The van der Waals surface area contributed by atoms with Crippen LogP contribution in [0, 0.1) is 11.6 Å². The minimum atomic E-state index is -0.428. The van der Waals surface area contributed by atoms with Crippen LogP contribution in [0.4, 0.5) is 8.78 Å². The maximum Gasteiger partial charge on any atom is 0.127 e. The zero-order valence-electron chi connectivity index (χ0n) is 11.0. The van der Waals surface area contributed by atoms with Gasteiger partial charge >= 0.3 is 0 Å². The third kappa shape index (κ3) is 3.61. The van der Waals surface area contributed by atoms with Gasteiger partial charge in [0.05, 0.1) is 5.69 Å². The van der Waals surface area contributed by atoms with Crippen LogP contribution < -0.4 is 5.32 Å². The standard InChI is InChI=1S/C14H17F2N3/c1-10(2)19-6-5-13(18-19)9-17-8-11-7-12(15)3-4-14(11)16/h3-7,10,17H,8-9H2,1-2H3. The summed E-state index contributed by atoms with van der Waals surface area (Å²) in [5, 5.41) is 7.42. The predicted molar refractivity (Wildman–Crippen MR) is 69.5 cm³/mol. The van der Waals surface area contributed by atoms with Gasteiger partial charge in [0.2, 0.25) is 0 Å². The number of nitrogens with zero attached hydrogens (tertiary/aromatic N) is 2. The number of benzene rings is 1. The fourth-order valence-electron chi connectivity index (χ4n) is 1.76. The van der Waals surface area contributed by atoms with Crippen LogP contribution in [0.15, 0.2) is 30.5 Å². The second-order valence-corrected chi connectivity index (χ2v) is 4.72. The van der Waals surface area contributed by atoms with Gasteiger partial charge in [-0.1, -0.05) is 0 Å². The Morgan fingerprint density at radius 3 is 2.68 bits per heavy atom. The molecule has 2 rings (SSSR count). The highest BCUT2D eigenvalue weighted by molar-refractivity contribution is 5.18. The molecular weight excluding hydrogens is 248 g/mol. The minimum absolute atomic E-state index is 0.276. The predicted octanol–water partition coefficient (Wildman–Crippen LogP) is 3.03. The maximum atomic E-state index is 13.4. The van der Waals surface area contributed by atoms with Crippen molar-refractivity contribution in [3.05, 3.63) is 53.4 Å². The summed E-state index contributed by atoms with van der Waals surface area (Å²) in [4.78, 5) is 0. The molecule has 0 aliphatic heterocycles. The fraction of sp³-hybridized carbons (Fsp3) is 0.357. The van der Waals surface area contributed by atoms with E-state index in [2.05, 4.69) is 10.4 Å². The van der Waals surface area contributed by atoms with Gasteiger partial charge in [0.25, 0.3) is 0 Å². The number of rotatable bonds is 5. The minimum Gasteiger partial charge on any atom is -0.307 e. The van der Waals surface area contributed by atoms with Crippen LogP contribution in [0.3, 0.4) is 0 Å². The highest BCUT2D eigenvalue weighted by Crippen LogP contribution is 2.10. The van der Waals surface area contributed by atoms with Gasteiger partial charge in [-0.2, -0.15) is 5.10 Å². The van der Waals surface area contributed by atoms with Gasteiger partial charge in [0.15, 0.2) is 0 Å². The first-order chi connectivity index (χ1) is 9.06. The topological polar surface area (TPSA) is 29.9 Å². The van der Waals surface area contributed by atoms with E-state index in [1.807, 2.05) is 30.8 Å². The van der Waals surface area contributed by atoms with Gasteiger partial charge in [-0.25, -0.2) is 8.78 Å². The largest absolute Gasteiger partial charge is 0.307 e. The number of nitrogens with one attached hydrogen (secondary N) is 1. The average molecular weight is 265 g/mol. The van der Waals surface area contributed by atoms with Crippen LogP contribution in [-0.4, -0.2) is 9.78 Å². The summed E-state index contributed by atoms with van der Waals surface area (Å²) in [6, 6.07) is 5.68. The first-order valence-corrected chi connectivity index (χ1v) is 6.25. The Kier molecular flexibility index (Phi) is 4.27. The molecule has 0 aliphatic carbocycles. The van der Waals surface area contributed by atoms with Crippen LogP contribution in [0.5, 0.6) is 0 Å². The molecule has 0 saturated heterocycles. The Bertz CT molecular complexity index is 549. The number of halogens is 2. The summed E-state index contributed by atoms with van der Waals surface area (Å²) in [6.45, 7) is 4.90. The molecule has 0 amide bonds. The quantitative estimate of drug-likeness (QED) is 0.900. The first kappa shape index (κ1) is 13.7. The van der Waals surface area contributed by atoms with Gasteiger partial charge in [0, 0.05) is 30.9 Å². The summed E-state index contributed by atoms with van der Waals surface area (Å²) in [5.74, 6) is -0.830. The summed E-state index contributed by atoms with van der Waals surface area (Å²) in [5.41, 5.74) is 1.20. The lowest BCUT2D eigenvalue weighted by atomic mass is 10.2. The second kappa shape index (κ2) is 5.93. The smallest absolute Gasteiger partial charge is 0.127 e. The molecule has 19 heavy (non-hydrogen) atoms. The van der Waals surface area contributed by atoms with Crippen molar-refractivity contribution >= 4 is 0 Å². The number of aromatic nitrogens is 2. The van der Waals surface area contributed by atoms with Crippen molar-refractivity contribution < 1.29 is 8.78 Å². The molecule has 2 aromatic rings. The molecule has 102 valence electrons. The monoisotopic (exact) mass is 265 g/mol. The van der Waals surface area contributed by atoms with E-state index in [4.69, 9.17) is 0 Å².